The molecular weight excluding hydrogens is 447 g/mol. The number of nitrogens with zero attached hydrogens (tertiary/aromatic N) is 1. The molecule has 2 aromatic rings. The molecule has 0 saturated heterocycles. The van der Waals surface area contributed by atoms with Crippen LogP contribution in [0, 0.1) is 0 Å². The van der Waals surface area contributed by atoms with Crippen LogP contribution in [0.1, 0.15) is 30.5 Å². The van der Waals surface area contributed by atoms with E-state index >= 15 is 0 Å². The molecule has 0 aliphatic carbocycles. The second-order valence-electron chi connectivity index (χ2n) is 7.04. The Labute approximate surface area is 190 Å². The van der Waals surface area contributed by atoms with Crippen molar-refractivity contribution in [1.29, 1.82) is 0 Å². The number of carbonyl (C=O) groups excluding carboxylic acids is 2. The molecule has 2 aromatic carbocycles. The minimum atomic E-state index is -4.53. The van der Waals surface area contributed by atoms with E-state index in [4.69, 9.17) is 21.1 Å². The number of amides is 1. The van der Waals surface area contributed by atoms with Crippen LogP contribution < -0.4 is 4.74 Å². The third-order valence-electron chi connectivity index (χ3n) is 4.89. The number of carbonyl (C=O) groups is 2. The van der Waals surface area contributed by atoms with Gasteiger partial charge in [-0.15, -0.1) is 11.6 Å². The van der Waals surface area contributed by atoms with Gasteiger partial charge in [-0.25, -0.2) is 0 Å². The molecule has 174 valence electrons. The predicted octanol–water partition coefficient (Wildman–Crippen LogP) is 5.07. The number of halogens is 4. The van der Waals surface area contributed by atoms with Gasteiger partial charge in [-0.1, -0.05) is 12.1 Å². The minimum Gasteiger partial charge on any atom is -0.496 e. The van der Waals surface area contributed by atoms with Crippen molar-refractivity contribution in [2.24, 2.45) is 0 Å². The van der Waals surface area contributed by atoms with Crippen molar-refractivity contribution in [3.05, 3.63) is 53.1 Å². The van der Waals surface area contributed by atoms with Crippen LogP contribution in [0.5, 0.6) is 5.75 Å². The van der Waals surface area contributed by atoms with Gasteiger partial charge in [0.05, 0.1) is 19.3 Å². The monoisotopic (exact) mass is 471 g/mol. The Kier molecular flexibility index (Phi) is 8.95. The van der Waals surface area contributed by atoms with Crippen LogP contribution in [0.15, 0.2) is 36.4 Å². The highest BCUT2D eigenvalue weighted by molar-refractivity contribution is 6.27. The Morgan fingerprint density at radius 1 is 1.09 bits per heavy atom. The van der Waals surface area contributed by atoms with Gasteiger partial charge in [-0.3, -0.25) is 9.59 Å². The summed E-state index contributed by atoms with van der Waals surface area (Å²) in [6.07, 6.45) is -4.10. The molecular formula is C23H25ClF3NO4. The Hall–Kier alpha value is -2.74. The van der Waals surface area contributed by atoms with Gasteiger partial charge in [0.2, 0.25) is 5.91 Å². The summed E-state index contributed by atoms with van der Waals surface area (Å²) >= 11 is 5.66. The number of ether oxygens (including phenoxy) is 2. The lowest BCUT2D eigenvalue weighted by molar-refractivity contribution is -0.141. The van der Waals surface area contributed by atoms with E-state index in [0.29, 0.717) is 35.4 Å². The van der Waals surface area contributed by atoms with Gasteiger partial charge in [0.15, 0.2) is 0 Å². The van der Waals surface area contributed by atoms with E-state index in [1.807, 2.05) is 0 Å². The van der Waals surface area contributed by atoms with E-state index in [-0.39, 0.29) is 24.9 Å². The first kappa shape index (κ1) is 25.5. The third-order valence-corrected chi connectivity index (χ3v) is 5.12. The van der Waals surface area contributed by atoms with Gasteiger partial charge in [-0.2, -0.15) is 13.2 Å². The molecule has 1 amide bonds. The van der Waals surface area contributed by atoms with Gasteiger partial charge in [-0.05, 0) is 47.9 Å². The molecule has 0 spiro atoms. The lowest BCUT2D eigenvalue weighted by Crippen LogP contribution is -2.31. The van der Waals surface area contributed by atoms with Crippen LogP contribution in [0.3, 0.4) is 0 Å². The van der Waals surface area contributed by atoms with Crippen LogP contribution in [0.2, 0.25) is 0 Å². The van der Waals surface area contributed by atoms with E-state index in [0.717, 1.165) is 17.7 Å². The number of benzene rings is 2. The van der Waals surface area contributed by atoms with E-state index in [1.54, 1.807) is 25.1 Å². The van der Waals surface area contributed by atoms with Crippen molar-refractivity contribution in [1.82, 2.24) is 4.90 Å². The molecule has 0 fully saturated rings. The Bertz CT molecular complexity index is 963. The van der Waals surface area contributed by atoms with Crippen LogP contribution in [-0.4, -0.2) is 42.9 Å². The predicted molar refractivity (Wildman–Crippen MR) is 116 cm³/mol. The molecule has 0 unspecified atom stereocenters. The van der Waals surface area contributed by atoms with Gasteiger partial charge in [0.1, 0.15) is 11.6 Å². The summed E-state index contributed by atoms with van der Waals surface area (Å²) in [7, 11) is 1.47. The fourth-order valence-electron chi connectivity index (χ4n) is 3.26. The number of hydrogen-bond donors (Lipinski definition) is 0. The molecule has 0 aliphatic heterocycles. The lowest BCUT2D eigenvalue weighted by atomic mass is 9.94. The number of alkyl halides is 4. The first-order valence-corrected chi connectivity index (χ1v) is 10.5. The van der Waals surface area contributed by atoms with Crippen molar-refractivity contribution in [2.45, 2.75) is 33.0 Å². The Balaban J connectivity index is 2.56. The van der Waals surface area contributed by atoms with E-state index in [9.17, 15) is 22.8 Å². The van der Waals surface area contributed by atoms with Crippen molar-refractivity contribution in [3.63, 3.8) is 0 Å². The summed E-state index contributed by atoms with van der Waals surface area (Å²) in [6.45, 7) is 3.47. The zero-order valence-corrected chi connectivity index (χ0v) is 18.8. The molecule has 0 N–H and O–H groups in total. The van der Waals surface area contributed by atoms with Crippen LogP contribution in [-0.2, 0) is 33.5 Å². The zero-order valence-electron chi connectivity index (χ0n) is 18.1. The number of esters is 1. The Morgan fingerprint density at radius 3 is 2.38 bits per heavy atom. The molecule has 5 nitrogen and oxygen atoms in total. The quantitative estimate of drug-likeness (QED) is 0.378. The average molecular weight is 472 g/mol. The van der Waals surface area contributed by atoms with Gasteiger partial charge in [0, 0.05) is 32.0 Å². The molecule has 32 heavy (non-hydrogen) atoms. The number of methoxy groups -OCH3 is 1. The molecule has 0 saturated carbocycles. The number of hydrogen-bond acceptors (Lipinski definition) is 4. The molecule has 0 radical (unpaired) electrons. The molecule has 0 aromatic heterocycles. The highest BCUT2D eigenvalue weighted by atomic mass is 35.5. The highest BCUT2D eigenvalue weighted by Gasteiger charge is 2.31. The fourth-order valence-corrected chi connectivity index (χ4v) is 3.43. The summed E-state index contributed by atoms with van der Waals surface area (Å²) in [4.78, 5) is 24.5. The van der Waals surface area contributed by atoms with Crippen LogP contribution in [0.4, 0.5) is 13.2 Å². The maximum Gasteiger partial charge on any atom is 0.416 e. The molecule has 0 atom stereocenters. The van der Waals surface area contributed by atoms with Crippen LogP contribution in [0.25, 0.3) is 11.1 Å². The van der Waals surface area contributed by atoms with Crippen molar-refractivity contribution in [2.75, 3.05) is 26.1 Å². The topological polar surface area (TPSA) is 55.8 Å². The maximum absolute atomic E-state index is 13.4. The van der Waals surface area contributed by atoms with Crippen molar-refractivity contribution >= 4 is 23.5 Å². The standard InChI is InChI=1S/C23H25ClF3NO4/c1-4-28(22(30)13-24)14-17-12-18(23(25,26)27)6-7-19(17)20-11-16(5-8-21(20)31-3)9-10-32-15(2)29/h5-8,11-12H,4,9-10,13-14H2,1-3H3. The normalized spacial score (nSPS) is 11.2. The summed E-state index contributed by atoms with van der Waals surface area (Å²) in [5, 5.41) is 0. The first-order chi connectivity index (χ1) is 15.1. The van der Waals surface area contributed by atoms with Crippen LogP contribution >= 0.6 is 11.6 Å². The fraction of sp³-hybridized carbons (Fsp3) is 0.391. The lowest BCUT2D eigenvalue weighted by Gasteiger charge is -2.23. The molecule has 9 heteroatoms. The zero-order chi connectivity index (χ0) is 23.9. The van der Waals surface area contributed by atoms with E-state index in [2.05, 4.69) is 0 Å². The summed E-state index contributed by atoms with van der Waals surface area (Å²) in [5.41, 5.74) is 1.40. The van der Waals surface area contributed by atoms with Crippen molar-refractivity contribution in [3.8, 4) is 16.9 Å². The second kappa shape index (κ2) is 11.2. The molecule has 0 heterocycles. The Morgan fingerprint density at radius 2 is 1.81 bits per heavy atom. The largest absolute Gasteiger partial charge is 0.496 e. The minimum absolute atomic E-state index is 0.0395. The highest BCUT2D eigenvalue weighted by Crippen LogP contribution is 2.38. The molecule has 0 aliphatic rings. The maximum atomic E-state index is 13.4. The average Bonchev–Trinajstić information content (AvgIpc) is 2.75. The smallest absolute Gasteiger partial charge is 0.416 e. The SMILES string of the molecule is CCN(Cc1cc(C(F)(F)F)ccc1-c1cc(CCOC(C)=O)ccc1OC)C(=O)CCl. The summed E-state index contributed by atoms with van der Waals surface area (Å²) < 4.78 is 50.6. The van der Waals surface area contributed by atoms with E-state index in [1.165, 1.54) is 25.0 Å². The third kappa shape index (κ3) is 6.63. The first-order valence-electron chi connectivity index (χ1n) is 9.95. The molecule has 2 rings (SSSR count). The van der Waals surface area contributed by atoms with Gasteiger partial charge >= 0.3 is 12.1 Å². The summed E-state index contributed by atoms with van der Waals surface area (Å²) in [6, 6.07) is 8.72. The number of rotatable bonds is 9. The van der Waals surface area contributed by atoms with Gasteiger partial charge in [0.25, 0.3) is 0 Å². The van der Waals surface area contributed by atoms with E-state index < -0.39 is 17.7 Å². The van der Waals surface area contributed by atoms with Crippen molar-refractivity contribution < 1.29 is 32.2 Å². The van der Waals surface area contributed by atoms with Gasteiger partial charge < -0.3 is 14.4 Å². The summed E-state index contributed by atoms with van der Waals surface area (Å²) in [5.74, 6) is -0.571. The second-order valence-corrected chi connectivity index (χ2v) is 7.30. The molecule has 0 bridgehead atoms.